The molecule has 0 amide bonds. The van der Waals surface area contributed by atoms with E-state index in [9.17, 15) is 5.26 Å². The van der Waals surface area contributed by atoms with Gasteiger partial charge in [-0.3, -0.25) is 5.32 Å². The fraction of sp³-hybridized carbons (Fsp3) is 0.611. The van der Waals surface area contributed by atoms with Crippen molar-refractivity contribution in [2.75, 3.05) is 6.61 Å². The zero-order valence-corrected chi connectivity index (χ0v) is 13.4. The number of ether oxygens (including phenoxy) is 1. The van der Waals surface area contributed by atoms with E-state index in [4.69, 9.17) is 4.74 Å². The molecule has 1 aliphatic rings. The molecule has 3 nitrogen and oxygen atoms in total. The molecule has 0 aromatic heterocycles. The summed E-state index contributed by atoms with van der Waals surface area (Å²) >= 11 is 0. The Balaban J connectivity index is 1.72. The minimum Gasteiger partial charge on any atom is -0.494 e. The monoisotopic (exact) mass is 286 g/mol. The Morgan fingerprint density at radius 3 is 2.52 bits per heavy atom. The lowest BCUT2D eigenvalue weighted by molar-refractivity contribution is 0.284. The predicted octanol–water partition coefficient (Wildman–Crippen LogP) is 4.00. The molecule has 1 fully saturated rings. The highest BCUT2D eigenvalue weighted by Crippen LogP contribution is 2.24. The lowest BCUT2D eigenvalue weighted by atomic mass is 9.98. The summed E-state index contributed by atoms with van der Waals surface area (Å²) in [5, 5.41) is 12.7. The van der Waals surface area contributed by atoms with Gasteiger partial charge in [-0.05, 0) is 56.2 Å². The first kappa shape index (κ1) is 15.9. The Kier molecular flexibility index (Phi) is 5.25. The third-order valence-electron chi connectivity index (χ3n) is 3.98. The molecule has 1 aromatic carbocycles. The molecule has 3 heteroatoms. The molecule has 0 saturated heterocycles. The van der Waals surface area contributed by atoms with Crippen LogP contribution in [0, 0.1) is 11.3 Å². The highest BCUT2D eigenvalue weighted by Gasteiger charge is 2.31. The summed E-state index contributed by atoms with van der Waals surface area (Å²) in [6.07, 6.45) is 4.12. The van der Waals surface area contributed by atoms with Crippen LogP contribution in [0.15, 0.2) is 24.3 Å². The van der Waals surface area contributed by atoms with E-state index in [-0.39, 0.29) is 0 Å². The lowest BCUT2D eigenvalue weighted by Crippen LogP contribution is -2.42. The van der Waals surface area contributed by atoms with Crippen LogP contribution in [-0.4, -0.2) is 18.2 Å². The van der Waals surface area contributed by atoms with Crippen LogP contribution >= 0.6 is 0 Å². The van der Waals surface area contributed by atoms with Gasteiger partial charge in [0.15, 0.2) is 0 Å². The molecule has 0 bridgehead atoms. The maximum atomic E-state index is 9.31. The summed E-state index contributed by atoms with van der Waals surface area (Å²) in [4.78, 5) is 0. The van der Waals surface area contributed by atoms with Crippen LogP contribution < -0.4 is 10.1 Å². The highest BCUT2D eigenvalue weighted by molar-refractivity contribution is 5.28. The van der Waals surface area contributed by atoms with Gasteiger partial charge in [0.25, 0.3) is 0 Å². The molecule has 1 atom stereocenters. The van der Waals surface area contributed by atoms with Gasteiger partial charge < -0.3 is 4.74 Å². The Morgan fingerprint density at radius 2 is 2.00 bits per heavy atom. The summed E-state index contributed by atoms with van der Waals surface area (Å²) in [6, 6.07) is 11.3. The van der Waals surface area contributed by atoms with E-state index in [2.05, 4.69) is 37.4 Å². The minimum atomic E-state index is -0.411. The van der Waals surface area contributed by atoms with Crippen molar-refractivity contribution in [2.45, 2.75) is 64.0 Å². The molecule has 0 radical (unpaired) electrons. The molecule has 0 heterocycles. The van der Waals surface area contributed by atoms with Crippen LogP contribution in [-0.2, 0) is 0 Å². The number of nitrogens with zero attached hydrogens (tertiary/aromatic N) is 1. The molecule has 0 aliphatic heterocycles. The van der Waals surface area contributed by atoms with Crippen molar-refractivity contribution in [2.24, 2.45) is 0 Å². The average Bonchev–Trinajstić information content (AvgIpc) is 3.28. The average molecular weight is 286 g/mol. The van der Waals surface area contributed by atoms with Crippen LogP contribution in [0.2, 0.25) is 0 Å². The van der Waals surface area contributed by atoms with Crippen LogP contribution in [0.4, 0.5) is 0 Å². The van der Waals surface area contributed by atoms with Crippen molar-refractivity contribution in [1.29, 1.82) is 5.26 Å². The van der Waals surface area contributed by atoms with Crippen molar-refractivity contribution < 1.29 is 4.74 Å². The number of benzene rings is 1. The van der Waals surface area contributed by atoms with E-state index in [0.717, 1.165) is 18.6 Å². The van der Waals surface area contributed by atoms with Gasteiger partial charge in [0.2, 0.25) is 0 Å². The highest BCUT2D eigenvalue weighted by atomic mass is 16.5. The number of rotatable bonds is 8. The topological polar surface area (TPSA) is 45.0 Å². The third kappa shape index (κ3) is 5.06. The first-order chi connectivity index (χ1) is 10.0. The van der Waals surface area contributed by atoms with Crippen molar-refractivity contribution in [1.82, 2.24) is 5.32 Å². The second-order valence-corrected chi connectivity index (χ2v) is 6.54. The van der Waals surface area contributed by atoms with Gasteiger partial charge >= 0.3 is 0 Å². The summed E-state index contributed by atoms with van der Waals surface area (Å²) in [5.41, 5.74) is 0.916. The quantitative estimate of drug-likeness (QED) is 0.735. The van der Waals surface area contributed by atoms with Gasteiger partial charge in [-0.2, -0.15) is 5.26 Å². The maximum absolute atomic E-state index is 9.31. The van der Waals surface area contributed by atoms with Gasteiger partial charge in [-0.1, -0.05) is 26.0 Å². The molecule has 114 valence electrons. The van der Waals surface area contributed by atoms with Gasteiger partial charge in [0.05, 0.1) is 12.7 Å². The Morgan fingerprint density at radius 1 is 1.33 bits per heavy atom. The smallest absolute Gasteiger partial charge is 0.119 e. The Labute approximate surface area is 128 Å². The largest absolute Gasteiger partial charge is 0.494 e. The Bertz CT molecular complexity index is 485. The normalized spacial score (nSPS) is 17.3. The molecule has 2 rings (SSSR count). The molecule has 1 aliphatic carbocycles. The third-order valence-corrected chi connectivity index (χ3v) is 3.98. The SMILES string of the molecule is CC(C)c1ccc(OCCCC(C)(C#N)NC2CC2)cc1. The van der Waals surface area contributed by atoms with Crippen molar-refractivity contribution >= 4 is 0 Å². The molecule has 21 heavy (non-hydrogen) atoms. The van der Waals surface area contributed by atoms with Crippen LogP contribution in [0.5, 0.6) is 5.75 Å². The van der Waals surface area contributed by atoms with E-state index in [0.29, 0.717) is 18.6 Å². The predicted molar refractivity (Wildman–Crippen MR) is 85.4 cm³/mol. The van der Waals surface area contributed by atoms with E-state index in [1.165, 1.54) is 18.4 Å². The molecule has 0 spiro atoms. The van der Waals surface area contributed by atoms with Gasteiger partial charge in [0, 0.05) is 6.04 Å². The zero-order valence-electron chi connectivity index (χ0n) is 13.4. The molecule has 1 aromatic rings. The van der Waals surface area contributed by atoms with Crippen molar-refractivity contribution in [3.63, 3.8) is 0 Å². The van der Waals surface area contributed by atoms with E-state index in [1.807, 2.05) is 19.1 Å². The molecule has 1 unspecified atom stereocenters. The lowest BCUT2D eigenvalue weighted by Gasteiger charge is -2.23. The first-order valence-corrected chi connectivity index (χ1v) is 7.94. The van der Waals surface area contributed by atoms with E-state index >= 15 is 0 Å². The first-order valence-electron chi connectivity index (χ1n) is 7.94. The minimum absolute atomic E-state index is 0.411. The molecule has 1 saturated carbocycles. The molecule has 1 N–H and O–H groups in total. The fourth-order valence-electron chi connectivity index (χ4n) is 2.40. The molecular weight excluding hydrogens is 260 g/mol. The van der Waals surface area contributed by atoms with Crippen molar-refractivity contribution in [3.05, 3.63) is 29.8 Å². The van der Waals surface area contributed by atoms with Gasteiger partial charge in [-0.25, -0.2) is 0 Å². The zero-order chi connectivity index (χ0) is 15.3. The summed E-state index contributed by atoms with van der Waals surface area (Å²) in [5.74, 6) is 1.46. The van der Waals surface area contributed by atoms with Gasteiger partial charge in [-0.15, -0.1) is 0 Å². The standard InChI is InChI=1S/C18H26N2O/c1-14(2)15-5-9-17(10-6-15)21-12-4-11-18(3,13-19)20-16-7-8-16/h5-6,9-10,14,16,20H,4,7-8,11-12H2,1-3H3. The number of hydrogen-bond acceptors (Lipinski definition) is 3. The maximum Gasteiger partial charge on any atom is 0.119 e. The number of nitrogens with one attached hydrogen (secondary N) is 1. The summed E-state index contributed by atoms with van der Waals surface area (Å²) in [6.45, 7) is 7.02. The summed E-state index contributed by atoms with van der Waals surface area (Å²) in [7, 11) is 0. The van der Waals surface area contributed by atoms with Crippen LogP contribution in [0.1, 0.15) is 57.9 Å². The Hall–Kier alpha value is -1.53. The molecular formula is C18H26N2O. The van der Waals surface area contributed by atoms with Crippen LogP contribution in [0.25, 0.3) is 0 Å². The second kappa shape index (κ2) is 6.95. The second-order valence-electron chi connectivity index (χ2n) is 6.54. The number of hydrogen-bond donors (Lipinski definition) is 1. The van der Waals surface area contributed by atoms with Crippen LogP contribution in [0.3, 0.4) is 0 Å². The summed E-state index contributed by atoms with van der Waals surface area (Å²) < 4.78 is 5.76. The number of nitriles is 1. The van der Waals surface area contributed by atoms with Crippen molar-refractivity contribution in [3.8, 4) is 11.8 Å². The fourth-order valence-corrected chi connectivity index (χ4v) is 2.40. The van der Waals surface area contributed by atoms with Gasteiger partial charge in [0.1, 0.15) is 11.3 Å². The van der Waals surface area contributed by atoms with E-state index in [1.54, 1.807) is 0 Å². The van der Waals surface area contributed by atoms with E-state index < -0.39 is 5.54 Å².